The minimum absolute atomic E-state index is 0.0335. The number of hydrogen-bond donors (Lipinski definition) is 1. The quantitative estimate of drug-likeness (QED) is 0.106. The molecule has 0 rings (SSSR count). The second-order valence-electron chi connectivity index (χ2n) is 17.4. The Labute approximate surface area is 281 Å². The SMILES string of the molecule is CC(=CC=CC(C)=CC(O[Si](C)(C)C(C)(C)C)C(CC(C)O[Si](C)(C)C(C)(C)C)O[Si](C)(C)C(C)(C)C)C=C(C)C=CC(=O)O. The van der Waals surface area contributed by atoms with E-state index in [1.54, 1.807) is 6.08 Å². The Morgan fingerprint density at radius 1 is 0.667 bits per heavy atom. The van der Waals surface area contributed by atoms with Gasteiger partial charge >= 0.3 is 5.97 Å². The Morgan fingerprint density at radius 2 is 1.11 bits per heavy atom. The molecule has 5 nitrogen and oxygen atoms in total. The smallest absolute Gasteiger partial charge is 0.328 e. The lowest BCUT2D eigenvalue weighted by Crippen LogP contribution is -2.52. The fourth-order valence-electron chi connectivity index (χ4n) is 3.92. The summed E-state index contributed by atoms with van der Waals surface area (Å²) in [5.41, 5.74) is 3.03. The van der Waals surface area contributed by atoms with Crippen LogP contribution >= 0.6 is 0 Å². The second kappa shape index (κ2) is 16.7. The van der Waals surface area contributed by atoms with Crippen molar-refractivity contribution in [1.82, 2.24) is 0 Å². The summed E-state index contributed by atoms with van der Waals surface area (Å²) in [7, 11) is -6.29. The topological polar surface area (TPSA) is 65.0 Å². The molecular formula is C37H70O5Si3. The minimum atomic E-state index is -2.16. The lowest BCUT2D eigenvalue weighted by Gasteiger charge is -2.46. The van der Waals surface area contributed by atoms with Gasteiger partial charge in [-0.25, -0.2) is 4.79 Å². The Morgan fingerprint density at radius 3 is 1.56 bits per heavy atom. The highest BCUT2D eigenvalue weighted by Gasteiger charge is 2.45. The highest BCUT2D eigenvalue weighted by atomic mass is 28.4. The van der Waals surface area contributed by atoms with Gasteiger partial charge in [-0.15, -0.1) is 0 Å². The number of carboxylic acids is 1. The van der Waals surface area contributed by atoms with Crippen molar-refractivity contribution >= 4 is 30.9 Å². The van der Waals surface area contributed by atoms with Crippen molar-refractivity contribution in [2.45, 2.75) is 169 Å². The van der Waals surface area contributed by atoms with Crippen LogP contribution in [0.1, 0.15) is 96.4 Å². The van der Waals surface area contributed by atoms with Crippen molar-refractivity contribution in [3.05, 3.63) is 59.3 Å². The zero-order chi connectivity index (χ0) is 35.8. The van der Waals surface area contributed by atoms with E-state index in [2.05, 4.69) is 128 Å². The summed E-state index contributed by atoms with van der Waals surface area (Å²) in [6.07, 6.45) is 13.6. The van der Waals surface area contributed by atoms with Gasteiger partial charge in [-0.05, 0) is 88.5 Å². The monoisotopic (exact) mass is 678 g/mol. The van der Waals surface area contributed by atoms with E-state index in [9.17, 15) is 4.79 Å². The van der Waals surface area contributed by atoms with Crippen LogP contribution in [0.3, 0.4) is 0 Å². The summed E-state index contributed by atoms with van der Waals surface area (Å²) in [6, 6.07) is 0. The molecule has 0 aliphatic heterocycles. The molecule has 0 aromatic rings. The van der Waals surface area contributed by atoms with Crippen LogP contribution in [-0.4, -0.2) is 54.3 Å². The van der Waals surface area contributed by atoms with Crippen molar-refractivity contribution in [3.8, 4) is 0 Å². The molecule has 0 saturated carbocycles. The van der Waals surface area contributed by atoms with E-state index in [-0.39, 0.29) is 33.4 Å². The molecular weight excluding hydrogens is 609 g/mol. The van der Waals surface area contributed by atoms with Gasteiger partial charge < -0.3 is 18.4 Å². The number of hydrogen-bond acceptors (Lipinski definition) is 4. The summed E-state index contributed by atoms with van der Waals surface area (Å²) in [5, 5.41) is 9.12. The second-order valence-corrected chi connectivity index (χ2v) is 31.7. The average molecular weight is 679 g/mol. The fraction of sp³-hybridized carbons (Fsp3) is 0.703. The molecule has 0 aliphatic carbocycles. The first kappa shape index (κ1) is 43.7. The predicted octanol–water partition coefficient (Wildman–Crippen LogP) is 11.6. The number of allylic oxidation sites excluding steroid dienone is 8. The summed E-state index contributed by atoms with van der Waals surface area (Å²) in [5.74, 6) is -0.948. The Balaban J connectivity index is 6.79. The molecule has 0 radical (unpaired) electrons. The molecule has 8 heteroatoms. The summed E-state index contributed by atoms with van der Waals surface area (Å²) < 4.78 is 21.4. The number of aliphatic carboxylic acids is 1. The molecule has 260 valence electrons. The first-order chi connectivity index (χ1) is 19.9. The Kier molecular flexibility index (Phi) is 16.2. The van der Waals surface area contributed by atoms with Crippen LogP contribution < -0.4 is 0 Å². The molecule has 0 aromatic heterocycles. The zero-order valence-electron chi connectivity index (χ0n) is 32.6. The molecule has 3 unspecified atom stereocenters. The van der Waals surface area contributed by atoms with Crippen molar-refractivity contribution in [2.24, 2.45) is 0 Å². The summed E-state index contributed by atoms with van der Waals surface area (Å²) >= 11 is 0. The van der Waals surface area contributed by atoms with Crippen LogP contribution in [0.5, 0.6) is 0 Å². The zero-order valence-corrected chi connectivity index (χ0v) is 35.6. The molecule has 0 saturated heterocycles. The van der Waals surface area contributed by atoms with Crippen molar-refractivity contribution in [2.75, 3.05) is 0 Å². The van der Waals surface area contributed by atoms with Crippen LogP contribution in [0.4, 0.5) is 0 Å². The van der Waals surface area contributed by atoms with Crippen molar-refractivity contribution in [3.63, 3.8) is 0 Å². The molecule has 0 heterocycles. The highest BCUT2D eigenvalue weighted by Crippen LogP contribution is 2.42. The van der Waals surface area contributed by atoms with Crippen LogP contribution in [0, 0.1) is 0 Å². The lowest BCUT2D eigenvalue weighted by molar-refractivity contribution is -0.131. The number of carboxylic acid groups (broad SMARTS) is 1. The molecule has 0 aromatic carbocycles. The lowest BCUT2D eigenvalue weighted by atomic mass is 10.0. The fourth-order valence-corrected chi connectivity index (χ4v) is 7.97. The normalized spacial score (nSPS) is 17.7. The molecule has 0 fully saturated rings. The minimum Gasteiger partial charge on any atom is -0.478 e. The van der Waals surface area contributed by atoms with Gasteiger partial charge in [-0.3, -0.25) is 0 Å². The van der Waals surface area contributed by atoms with Gasteiger partial charge in [-0.2, -0.15) is 0 Å². The highest BCUT2D eigenvalue weighted by molar-refractivity contribution is 6.75. The van der Waals surface area contributed by atoms with E-state index in [0.29, 0.717) is 0 Å². The maximum absolute atomic E-state index is 10.8. The van der Waals surface area contributed by atoms with E-state index in [1.165, 1.54) is 0 Å². The van der Waals surface area contributed by atoms with Gasteiger partial charge in [0.1, 0.15) is 0 Å². The standard InChI is InChI=1S/C37H70O5Si3/c1-28(25-30(3)23-24-34(38)39)21-20-22-29(2)26-32(41-44(16,17)36(8,9)10)33(42-45(18,19)37(11,12)13)27-31(4)40-43(14,15)35(5,6)7/h20-26,31-33H,27H2,1-19H3,(H,38,39). The Bertz CT molecular complexity index is 1120. The van der Waals surface area contributed by atoms with E-state index in [1.807, 2.05) is 32.1 Å². The summed E-state index contributed by atoms with van der Waals surface area (Å²) in [6.45, 7) is 42.8. The van der Waals surface area contributed by atoms with Gasteiger partial charge in [0.25, 0.3) is 0 Å². The third-order valence-corrected chi connectivity index (χ3v) is 23.4. The van der Waals surface area contributed by atoms with E-state index < -0.39 is 30.9 Å². The molecule has 0 spiro atoms. The predicted molar refractivity (Wildman–Crippen MR) is 204 cm³/mol. The molecule has 3 atom stereocenters. The largest absolute Gasteiger partial charge is 0.478 e. The van der Waals surface area contributed by atoms with Crippen molar-refractivity contribution in [1.29, 1.82) is 0 Å². The molecule has 0 aliphatic rings. The van der Waals surface area contributed by atoms with Gasteiger partial charge in [0, 0.05) is 12.2 Å². The van der Waals surface area contributed by atoms with Crippen LogP contribution in [0.25, 0.3) is 0 Å². The van der Waals surface area contributed by atoms with Gasteiger partial charge in [-0.1, -0.05) is 115 Å². The molecule has 1 N–H and O–H groups in total. The maximum Gasteiger partial charge on any atom is 0.328 e. The molecule has 0 bridgehead atoms. The van der Waals surface area contributed by atoms with E-state index in [0.717, 1.165) is 29.2 Å². The van der Waals surface area contributed by atoms with Gasteiger partial charge in [0.05, 0.1) is 12.2 Å². The number of rotatable bonds is 15. The third-order valence-electron chi connectivity index (χ3n) is 9.81. The van der Waals surface area contributed by atoms with Gasteiger partial charge in [0.15, 0.2) is 25.0 Å². The first-order valence-electron chi connectivity index (χ1n) is 16.6. The average Bonchev–Trinajstić information content (AvgIpc) is 2.79. The third kappa shape index (κ3) is 15.4. The van der Waals surface area contributed by atoms with Crippen LogP contribution in [-0.2, 0) is 18.1 Å². The summed E-state index contributed by atoms with van der Waals surface area (Å²) in [4.78, 5) is 10.8. The van der Waals surface area contributed by atoms with Crippen LogP contribution in [0.15, 0.2) is 59.3 Å². The van der Waals surface area contributed by atoms with Crippen molar-refractivity contribution < 1.29 is 23.2 Å². The Hall–Kier alpha value is -1.30. The molecule has 0 amide bonds. The van der Waals surface area contributed by atoms with Gasteiger partial charge in [0.2, 0.25) is 0 Å². The van der Waals surface area contributed by atoms with Crippen LogP contribution in [0.2, 0.25) is 54.4 Å². The maximum atomic E-state index is 10.8. The first-order valence-corrected chi connectivity index (χ1v) is 25.3. The number of carbonyl (C=O) groups is 1. The van der Waals surface area contributed by atoms with E-state index in [4.69, 9.17) is 18.4 Å². The molecule has 45 heavy (non-hydrogen) atoms. The van der Waals surface area contributed by atoms with E-state index >= 15 is 0 Å².